The molecule has 0 amide bonds. The van der Waals surface area contributed by atoms with Gasteiger partial charge in [0.15, 0.2) is 5.75 Å². The minimum absolute atomic E-state index is 0.0357. The molecule has 0 heterocycles. The van der Waals surface area contributed by atoms with Crippen molar-refractivity contribution in [1.29, 1.82) is 0 Å². The molecular formula is C36H33N7O12S2. The van der Waals surface area contributed by atoms with Crippen molar-refractivity contribution in [3.05, 3.63) is 89.5 Å². The number of hydrogen-bond acceptors (Lipinski definition) is 19. The number of azo groups is 3. The van der Waals surface area contributed by atoms with Gasteiger partial charge in [-0.1, -0.05) is 24.3 Å². The molecule has 21 heteroatoms. The third-order valence-corrected chi connectivity index (χ3v) is 10.8. The lowest BCUT2D eigenvalue weighted by Gasteiger charge is -2.16. The molecular weight excluding hydrogens is 787 g/mol. The normalized spacial score (nSPS) is 12.2. The van der Waals surface area contributed by atoms with E-state index in [1.807, 2.05) is 0 Å². The Kier molecular flexibility index (Phi) is 12.7. The van der Waals surface area contributed by atoms with E-state index in [2.05, 4.69) is 34.9 Å². The number of phenolic OH excluding ortho intramolecular Hbond substituents is 1. The van der Waals surface area contributed by atoms with Crippen LogP contribution in [0.2, 0.25) is 0 Å². The Morgan fingerprint density at radius 2 is 1.39 bits per heavy atom. The standard InChI is InChI=1S/C36H33N7O12S2/c1-20-14-27(29(51-2)16-26(20)40-38-22-12-10-21(11-13-22)18-55-19-44)41-42-28-17-30(56(47,48)53-4)24-15-31(57(49,50)54-5)34(35(45)32(24)33(28)37)43-39-25-9-7-6-8-23(25)36(46)52-3/h6-17,19,45H,18,37H2,1-5H3. The number of nitrogens with zero attached hydrogens (tertiary/aromatic N) is 6. The molecule has 0 aliphatic carbocycles. The number of nitrogens with two attached hydrogens (primary N) is 1. The fourth-order valence-electron chi connectivity index (χ4n) is 5.23. The number of carbonyl (C=O) groups excluding carboxylic acids is 2. The molecule has 0 saturated carbocycles. The van der Waals surface area contributed by atoms with Crippen LogP contribution in [0.5, 0.6) is 11.5 Å². The number of nitrogen functional groups attached to an aromatic ring is 1. The highest BCUT2D eigenvalue weighted by Crippen LogP contribution is 2.49. The maximum absolute atomic E-state index is 13.3. The minimum atomic E-state index is -4.72. The summed E-state index contributed by atoms with van der Waals surface area (Å²) in [6.45, 7) is 2.20. The summed E-state index contributed by atoms with van der Waals surface area (Å²) < 4.78 is 77.4. The fraction of sp³-hybridized carbons (Fsp3) is 0.167. The molecule has 19 nitrogen and oxygen atoms in total. The minimum Gasteiger partial charge on any atom is -0.505 e. The molecule has 3 N–H and O–H groups in total. The van der Waals surface area contributed by atoms with Gasteiger partial charge in [-0.3, -0.25) is 13.2 Å². The van der Waals surface area contributed by atoms with Gasteiger partial charge < -0.3 is 25.1 Å². The SMILES string of the molecule is COC(=O)c1ccccc1N=Nc1c(S(=O)(=O)OC)cc2c(S(=O)(=O)OC)cc(N=Nc3cc(C)c(N=Nc4ccc(COC=O)cc4)cc3OC)c(N)c2c1O. The largest absolute Gasteiger partial charge is 0.505 e. The summed E-state index contributed by atoms with van der Waals surface area (Å²) in [5.41, 5.74) is 7.50. The second-order valence-electron chi connectivity index (χ2n) is 11.5. The van der Waals surface area contributed by atoms with E-state index in [0.29, 0.717) is 23.4 Å². The van der Waals surface area contributed by atoms with Gasteiger partial charge in [-0.25, -0.2) is 4.79 Å². The molecule has 0 aliphatic rings. The molecule has 0 atom stereocenters. The molecule has 5 aromatic rings. The molecule has 5 aromatic carbocycles. The van der Waals surface area contributed by atoms with Gasteiger partial charge >= 0.3 is 5.97 Å². The van der Waals surface area contributed by atoms with Crippen LogP contribution in [0.4, 0.5) is 39.8 Å². The third-order valence-electron chi connectivity index (χ3n) is 8.15. The number of methoxy groups -OCH3 is 2. The van der Waals surface area contributed by atoms with Crippen LogP contribution in [0.3, 0.4) is 0 Å². The van der Waals surface area contributed by atoms with Crippen LogP contribution in [-0.2, 0) is 49.5 Å². The van der Waals surface area contributed by atoms with Crippen LogP contribution in [0.15, 0.2) is 113 Å². The van der Waals surface area contributed by atoms with E-state index in [-0.39, 0.29) is 40.7 Å². The number of aryl methyl sites for hydroxylation is 1. The summed E-state index contributed by atoms with van der Waals surface area (Å²) in [5.74, 6) is -1.52. The van der Waals surface area contributed by atoms with Crippen LogP contribution in [0.25, 0.3) is 10.8 Å². The van der Waals surface area contributed by atoms with Crippen molar-refractivity contribution in [2.45, 2.75) is 23.3 Å². The molecule has 0 bridgehead atoms. The predicted molar refractivity (Wildman–Crippen MR) is 204 cm³/mol. The Hall–Kier alpha value is -6.68. The third kappa shape index (κ3) is 8.91. The lowest BCUT2D eigenvalue weighted by atomic mass is 10.0. The molecule has 0 aliphatic heterocycles. The first-order chi connectivity index (χ1) is 27.2. The van der Waals surface area contributed by atoms with E-state index in [1.165, 1.54) is 31.4 Å². The highest BCUT2D eigenvalue weighted by Gasteiger charge is 2.30. The van der Waals surface area contributed by atoms with Gasteiger partial charge in [0.25, 0.3) is 26.7 Å². The Morgan fingerprint density at radius 1 is 0.754 bits per heavy atom. The van der Waals surface area contributed by atoms with E-state index in [4.69, 9.17) is 24.1 Å². The van der Waals surface area contributed by atoms with Gasteiger partial charge in [-0.05, 0) is 60.5 Å². The molecule has 57 heavy (non-hydrogen) atoms. The number of carbonyl (C=O) groups is 2. The monoisotopic (exact) mass is 819 g/mol. The molecule has 296 valence electrons. The van der Waals surface area contributed by atoms with Crippen molar-refractivity contribution in [2.75, 3.05) is 34.2 Å². The van der Waals surface area contributed by atoms with Crippen molar-refractivity contribution >= 4 is 83.3 Å². The van der Waals surface area contributed by atoms with Crippen LogP contribution in [0, 0.1) is 6.92 Å². The number of aromatic hydroxyl groups is 1. The van der Waals surface area contributed by atoms with Gasteiger partial charge in [0.1, 0.15) is 44.9 Å². The van der Waals surface area contributed by atoms with Crippen LogP contribution in [0.1, 0.15) is 21.5 Å². The number of rotatable bonds is 15. The van der Waals surface area contributed by atoms with Crippen molar-refractivity contribution in [3.63, 3.8) is 0 Å². The maximum Gasteiger partial charge on any atom is 0.340 e. The predicted octanol–water partition coefficient (Wildman–Crippen LogP) is 7.82. The summed E-state index contributed by atoms with van der Waals surface area (Å²) >= 11 is 0. The molecule has 0 radical (unpaired) electrons. The van der Waals surface area contributed by atoms with Gasteiger partial charge in [0.05, 0.1) is 56.5 Å². The van der Waals surface area contributed by atoms with Crippen molar-refractivity contribution in [1.82, 2.24) is 0 Å². The maximum atomic E-state index is 13.3. The average molecular weight is 820 g/mol. The van der Waals surface area contributed by atoms with Crippen LogP contribution < -0.4 is 10.5 Å². The Morgan fingerprint density at radius 3 is 2.04 bits per heavy atom. The first-order valence-corrected chi connectivity index (χ1v) is 19.0. The molecule has 0 spiro atoms. The number of anilines is 1. The van der Waals surface area contributed by atoms with E-state index in [9.17, 15) is 31.5 Å². The first kappa shape index (κ1) is 41.5. The number of ether oxygens (including phenoxy) is 3. The zero-order valence-corrected chi connectivity index (χ0v) is 32.4. The second-order valence-corrected chi connectivity index (χ2v) is 14.9. The summed E-state index contributed by atoms with van der Waals surface area (Å²) in [7, 11) is -5.14. The molecule has 0 fully saturated rings. The van der Waals surface area contributed by atoms with E-state index >= 15 is 0 Å². The van der Waals surface area contributed by atoms with Gasteiger partial charge in [0, 0.05) is 11.5 Å². The second kappa shape index (κ2) is 17.4. The zero-order chi connectivity index (χ0) is 41.5. The Labute approximate surface area is 325 Å². The average Bonchev–Trinajstić information content (AvgIpc) is 3.21. The lowest BCUT2D eigenvalue weighted by Crippen LogP contribution is -2.07. The Bertz CT molecular complexity index is 2690. The van der Waals surface area contributed by atoms with E-state index in [1.54, 1.807) is 43.3 Å². The lowest BCUT2D eigenvalue weighted by molar-refractivity contribution is -0.129. The highest BCUT2D eigenvalue weighted by atomic mass is 32.2. The summed E-state index contributed by atoms with van der Waals surface area (Å²) in [5, 5.41) is 35.8. The first-order valence-electron chi connectivity index (χ1n) is 16.2. The van der Waals surface area contributed by atoms with Crippen molar-refractivity contribution in [3.8, 4) is 11.5 Å². The van der Waals surface area contributed by atoms with E-state index in [0.717, 1.165) is 39.0 Å². The molecule has 0 aromatic heterocycles. The van der Waals surface area contributed by atoms with Crippen LogP contribution >= 0.6 is 0 Å². The van der Waals surface area contributed by atoms with Gasteiger partial charge in [0.2, 0.25) is 0 Å². The number of fused-ring (bicyclic) bond motifs is 1. The topological polar surface area (TPSA) is 269 Å². The summed E-state index contributed by atoms with van der Waals surface area (Å²) in [4.78, 5) is 21.3. The summed E-state index contributed by atoms with van der Waals surface area (Å²) in [6.07, 6.45) is 0. The van der Waals surface area contributed by atoms with Crippen molar-refractivity contribution in [2.24, 2.45) is 30.7 Å². The highest BCUT2D eigenvalue weighted by molar-refractivity contribution is 7.87. The number of phenols is 1. The van der Waals surface area contributed by atoms with E-state index < -0.39 is 58.2 Å². The zero-order valence-electron chi connectivity index (χ0n) is 30.7. The van der Waals surface area contributed by atoms with Gasteiger partial charge in [-0.2, -0.15) is 27.1 Å². The van der Waals surface area contributed by atoms with Crippen LogP contribution in [-0.4, -0.2) is 62.8 Å². The van der Waals surface area contributed by atoms with Crippen molar-refractivity contribution < 1.29 is 54.1 Å². The quantitative estimate of drug-likeness (QED) is 0.0336. The molecule has 0 saturated heterocycles. The number of benzene rings is 5. The smallest absolute Gasteiger partial charge is 0.340 e. The number of esters is 1. The molecule has 0 unspecified atom stereocenters. The number of hydrogen-bond donors (Lipinski definition) is 2. The molecule has 5 rings (SSSR count). The summed E-state index contributed by atoms with van der Waals surface area (Å²) in [6, 6.07) is 17.6. The van der Waals surface area contributed by atoms with Gasteiger partial charge in [-0.15, -0.1) is 20.5 Å². The Balaban J connectivity index is 1.65. The fourth-order valence-corrected chi connectivity index (χ4v) is 6.91.